The number of hydrogen-bond donors (Lipinski definition) is 1. The highest BCUT2D eigenvalue weighted by Crippen LogP contribution is 2.25. The van der Waals surface area contributed by atoms with Crippen molar-refractivity contribution in [2.75, 3.05) is 17.7 Å². The van der Waals surface area contributed by atoms with E-state index in [4.69, 9.17) is 4.74 Å². The highest BCUT2D eigenvalue weighted by Gasteiger charge is 2.15. The molecule has 0 aliphatic rings. The molecule has 8 nitrogen and oxygen atoms in total. The Morgan fingerprint density at radius 2 is 2.04 bits per heavy atom. The number of benzene rings is 1. The topological polar surface area (TPSA) is 91.0 Å². The van der Waals surface area contributed by atoms with Gasteiger partial charge in [0.05, 0.1) is 34.7 Å². The van der Waals surface area contributed by atoms with Gasteiger partial charge in [-0.3, -0.25) is 9.48 Å². The summed E-state index contributed by atoms with van der Waals surface area (Å²) < 4.78 is 8.71. The molecule has 0 saturated carbocycles. The van der Waals surface area contributed by atoms with Gasteiger partial charge in [0.2, 0.25) is 5.91 Å². The molecule has 0 radical (unpaired) electrons. The number of anilines is 1. The van der Waals surface area contributed by atoms with Crippen molar-refractivity contribution in [3.8, 4) is 0 Å². The molecule has 2 heterocycles. The fourth-order valence-electron chi connectivity index (χ4n) is 2.90. The van der Waals surface area contributed by atoms with Crippen LogP contribution in [0, 0.1) is 6.92 Å². The number of nitrogens with zero attached hydrogens (tertiary/aromatic N) is 4. The number of nitrogens with one attached hydrogen (secondary N) is 1. The SMILES string of the molecule is CCOC(=O)c1ccc2c(c1)nc(SCC(=O)Nc1cc(C)nn1C)n2CC. The molecule has 9 heteroatoms. The first-order valence-corrected chi connectivity index (χ1v) is 10.0. The zero-order valence-corrected chi connectivity index (χ0v) is 17.2. The predicted molar refractivity (Wildman–Crippen MR) is 109 cm³/mol. The summed E-state index contributed by atoms with van der Waals surface area (Å²) in [6.45, 7) is 6.70. The number of amides is 1. The maximum Gasteiger partial charge on any atom is 0.338 e. The molecule has 0 atom stereocenters. The largest absolute Gasteiger partial charge is 0.462 e. The molecule has 2 aromatic heterocycles. The van der Waals surface area contributed by atoms with E-state index in [0.29, 0.717) is 30.0 Å². The van der Waals surface area contributed by atoms with Crippen LogP contribution >= 0.6 is 11.8 Å². The van der Waals surface area contributed by atoms with Gasteiger partial charge in [-0.1, -0.05) is 11.8 Å². The number of fused-ring (bicyclic) bond motifs is 1. The molecule has 3 aromatic rings. The van der Waals surface area contributed by atoms with Crippen LogP contribution in [0.4, 0.5) is 5.82 Å². The van der Waals surface area contributed by atoms with Crippen molar-refractivity contribution >= 4 is 40.5 Å². The second-order valence-electron chi connectivity index (χ2n) is 6.19. The number of thioether (sulfide) groups is 1. The third-order valence-corrected chi connectivity index (χ3v) is 5.12. The summed E-state index contributed by atoms with van der Waals surface area (Å²) in [5, 5.41) is 7.80. The summed E-state index contributed by atoms with van der Waals surface area (Å²) in [4.78, 5) is 28.9. The Morgan fingerprint density at radius 1 is 1.25 bits per heavy atom. The molecule has 148 valence electrons. The van der Waals surface area contributed by atoms with Crippen molar-refractivity contribution in [2.24, 2.45) is 7.05 Å². The highest BCUT2D eigenvalue weighted by atomic mass is 32.2. The summed E-state index contributed by atoms with van der Waals surface area (Å²) in [6.07, 6.45) is 0. The molecule has 0 unspecified atom stereocenters. The van der Waals surface area contributed by atoms with Gasteiger partial charge in [-0.25, -0.2) is 9.78 Å². The first kappa shape index (κ1) is 19.9. The molecule has 0 spiro atoms. The van der Waals surface area contributed by atoms with Crippen molar-refractivity contribution in [3.05, 3.63) is 35.5 Å². The minimum Gasteiger partial charge on any atom is -0.462 e. The van der Waals surface area contributed by atoms with E-state index in [2.05, 4.69) is 15.4 Å². The molecular formula is C19H23N5O3S. The van der Waals surface area contributed by atoms with Crippen LogP contribution in [-0.4, -0.2) is 43.6 Å². The lowest BCUT2D eigenvalue weighted by molar-refractivity contribution is -0.113. The molecule has 28 heavy (non-hydrogen) atoms. The number of ether oxygens (including phenoxy) is 1. The molecule has 1 N–H and O–H groups in total. The Hall–Kier alpha value is -2.81. The number of rotatable bonds is 7. The lowest BCUT2D eigenvalue weighted by atomic mass is 10.2. The monoisotopic (exact) mass is 401 g/mol. The van der Waals surface area contributed by atoms with Crippen molar-refractivity contribution in [1.29, 1.82) is 0 Å². The number of aryl methyl sites for hydroxylation is 3. The summed E-state index contributed by atoms with van der Waals surface area (Å²) in [7, 11) is 1.79. The van der Waals surface area contributed by atoms with Crippen molar-refractivity contribution in [1.82, 2.24) is 19.3 Å². The Balaban J connectivity index is 1.75. The fraction of sp³-hybridized carbons (Fsp3) is 0.368. The smallest absolute Gasteiger partial charge is 0.338 e. The van der Waals surface area contributed by atoms with Crippen LogP contribution in [0.2, 0.25) is 0 Å². The van der Waals surface area contributed by atoms with Crippen LogP contribution in [0.1, 0.15) is 29.9 Å². The molecule has 0 fully saturated rings. The average molecular weight is 401 g/mol. The highest BCUT2D eigenvalue weighted by molar-refractivity contribution is 7.99. The van der Waals surface area contributed by atoms with Gasteiger partial charge in [-0.2, -0.15) is 5.10 Å². The number of hydrogen-bond acceptors (Lipinski definition) is 6. The van der Waals surface area contributed by atoms with Crippen molar-refractivity contribution in [3.63, 3.8) is 0 Å². The van der Waals surface area contributed by atoms with Crippen LogP contribution in [0.5, 0.6) is 0 Å². The lowest BCUT2D eigenvalue weighted by Crippen LogP contribution is -2.16. The Kier molecular flexibility index (Phi) is 6.03. The van der Waals surface area contributed by atoms with Gasteiger partial charge < -0.3 is 14.6 Å². The van der Waals surface area contributed by atoms with Gasteiger partial charge in [-0.15, -0.1) is 0 Å². The molecule has 0 bridgehead atoms. The summed E-state index contributed by atoms with van der Waals surface area (Å²) in [5.74, 6) is 0.384. The maximum absolute atomic E-state index is 12.3. The van der Waals surface area contributed by atoms with Crippen LogP contribution in [0.15, 0.2) is 29.4 Å². The fourth-order valence-corrected chi connectivity index (χ4v) is 3.78. The van der Waals surface area contributed by atoms with E-state index in [9.17, 15) is 9.59 Å². The molecule has 1 aromatic carbocycles. The van der Waals surface area contributed by atoms with Crippen molar-refractivity contribution in [2.45, 2.75) is 32.5 Å². The maximum atomic E-state index is 12.3. The Morgan fingerprint density at radius 3 is 2.68 bits per heavy atom. The quantitative estimate of drug-likeness (QED) is 0.483. The van der Waals surface area contributed by atoms with Gasteiger partial charge >= 0.3 is 5.97 Å². The van der Waals surface area contributed by atoms with Crippen LogP contribution in [0.3, 0.4) is 0 Å². The summed E-state index contributed by atoms with van der Waals surface area (Å²) in [6, 6.07) is 7.14. The third-order valence-electron chi connectivity index (χ3n) is 4.14. The number of esters is 1. The van der Waals surface area contributed by atoms with Crippen LogP contribution < -0.4 is 5.32 Å². The molecule has 0 aliphatic heterocycles. The summed E-state index contributed by atoms with van der Waals surface area (Å²) >= 11 is 1.36. The van der Waals surface area contributed by atoms with E-state index in [1.807, 2.05) is 30.5 Å². The van der Waals surface area contributed by atoms with E-state index < -0.39 is 0 Å². The lowest BCUT2D eigenvalue weighted by Gasteiger charge is -2.07. The standard InChI is InChI=1S/C19H23N5O3S/c1-5-24-15-8-7-13(18(26)27-6-2)10-14(15)20-19(24)28-11-17(25)21-16-9-12(3)22-23(16)4/h7-10H,5-6,11H2,1-4H3,(H,21,25). The van der Waals surface area contributed by atoms with E-state index in [0.717, 1.165) is 16.4 Å². The minimum absolute atomic E-state index is 0.130. The zero-order valence-electron chi connectivity index (χ0n) is 16.4. The van der Waals surface area contributed by atoms with E-state index in [-0.39, 0.29) is 17.6 Å². The zero-order chi connectivity index (χ0) is 20.3. The van der Waals surface area contributed by atoms with E-state index in [1.54, 1.807) is 30.8 Å². The van der Waals surface area contributed by atoms with Crippen LogP contribution in [-0.2, 0) is 23.1 Å². The van der Waals surface area contributed by atoms with Gasteiger partial charge in [0, 0.05) is 19.7 Å². The van der Waals surface area contributed by atoms with Gasteiger partial charge in [0.25, 0.3) is 0 Å². The minimum atomic E-state index is -0.365. The number of aromatic nitrogens is 4. The van der Waals surface area contributed by atoms with Crippen LogP contribution in [0.25, 0.3) is 11.0 Å². The first-order valence-electron chi connectivity index (χ1n) is 9.03. The number of carbonyl (C=O) groups is 2. The number of carbonyl (C=O) groups excluding carboxylic acids is 2. The molecule has 1 amide bonds. The molecular weight excluding hydrogens is 378 g/mol. The van der Waals surface area contributed by atoms with Gasteiger partial charge in [-0.05, 0) is 39.0 Å². The van der Waals surface area contributed by atoms with E-state index in [1.165, 1.54) is 11.8 Å². The Labute approximate surface area is 167 Å². The normalized spacial score (nSPS) is 11.0. The third kappa shape index (κ3) is 4.19. The summed E-state index contributed by atoms with van der Waals surface area (Å²) in [5.41, 5.74) is 2.94. The van der Waals surface area contributed by atoms with E-state index >= 15 is 0 Å². The van der Waals surface area contributed by atoms with Gasteiger partial charge in [0.1, 0.15) is 5.82 Å². The molecule has 0 aliphatic carbocycles. The number of imidazole rings is 1. The van der Waals surface area contributed by atoms with Gasteiger partial charge in [0.15, 0.2) is 5.16 Å². The second-order valence-corrected chi connectivity index (χ2v) is 7.14. The predicted octanol–water partition coefficient (Wildman–Crippen LogP) is 3.01. The molecule has 0 saturated heterocycles. The average Bonchev–Trinajstić information content (AvgIpc) is 3.17. The second kappa shape index (κ2) is 8.47. The molecule has 3 rings (SSSR count). The van der Waals surface area contributed by atoms with Crippen molar-refractivity contribution < 1.29 is 14.3 Å². The Bertz CT molecular complexity index is 1020. The first-order chi connectivity index (χ1) is 13.4.